The molecule has 25 heavy (non-hydrogen) atoms. The van der Waals surface area contributed by atoms with Crippen molar-refractivity contribution in [2.75, 3.05) is 44.2 Å². The average molecular weight is 347 g/mol. The summed E-state index contributed by atoms with van der Waals surface area (Å²) in [6.07, 6.45) is 0.107. The maximum Gasteiger partial charge on any atom is 0.335 e. The van der Waals surface area contributed by atoms with Crippen LogP contribution < -0.4 is 4.90 Å². The normalized spacial score (nSPS) is 22.6. The minimum atomic E-state index is -1.10. The van der Waals surface area contributed by atoms with E-state index in [1.807, 2.05) is 4.90 Å². The minimum absolute atomic E-state index is 0.0409. The van der Waals surface area contributed by atoms with Gasteiger partial charge >= 0.3 is 5.97 Å². The number of amides is 2. The van der Waals surface area contributed by atoms with Crippen molar-refractivity contribution in [3.05, 3.63) is 29.8 Å². The Morgan fingerprint density at radius 2 is 1.88 bits per heavy atom. The number of carbonyl (C=O) groups is 3. The first-order valence-corrected chi connectivity index (χ1v) is 8.28. The van der Waals surface area contributed by atoms with Gasteiger partial charge in [0.2, 0.25) is 5.91 Å². The number of piperazine rings is 1. The van der Waals surface area contributed by atoms with E-state index in [4.69, 9.17) is 10.2 Å². The number of aliphatic hydroxyl groups is 1. The summed E-state index contributed by atoms with van der Waals surface area (Å²) in [6, 6.07) is 5.37. The Morgan fingerprint density at radius 1 is 1.16 bits per heavy atom. The molecule has 1 atom stereocenters. The fraction of sp³-hybridized carbons (Fsp3) is 0.471. The van der Waals surface area contributed by atoms with Crippen LogP contribution in [0, 0.1) is 0 Å². The van der Waals surface area contributed by atoms with Crippen molar-refractivity contribution < 1.29 is 24.6 Å². The van der Waals surface area contributed by atoms with E-state index in [-0.39, 0.29) is 30.4 Å². The summed E-state index contributed by atoms with van der Waals surface area (Å²) < 4.78 is 0. The molecule has 0 aliphatic carbocycles. The molecular formula is C17H21N3O5. The number of carbonyl (C=O) groups excluding carboxylic acids is 2. The van der Waals surface area contributed by atoms with Gasteiger partial charge in [0.05, 0.1) is 30.3 Å². The highest BCUT2D eigenvalue weighted by molar-refractivity contribution is 6.22. The molecule has 1 aromatic carbocycles. The minimum Gasteiger partial charge on any atom is -0.478 e. The Kier molecular flexibility index (Phi) is 5.12. The number of carboxylic acids is 1. The zero-order valence-electron chi connectivity index (χ0n) is 13.8. The number of β-amino-alcohol motifs (C(OH)–C–C–N with tert-alkyl or cyclic N) is 1. The molecule has 2 fully saturated rings. The predicted octanol–water partition coefficient (Wildman–Crippen LogP) is -0.373. The van der Waals surface area contributed by atoms with Crippen molar-refractivity contribution in [1.29, 1.82) is 0 Å². The summed E-state index contributed by atoms with van der Waals surface area (Å²) in [5.74, 6) is -1.71. The average Bonchev–Trinajstić information content (AvgIpc) is 2.90. The summed E-state index contributed by atoms with van der Waals surface area (Å²) in [4.78, 5) is 41.5. The highest BCUT2D eigenvalue weighted by Gasteiger charge is 2.43. The second-order valence-electron chi connectivity index (χ2n) is 6.24. The smallest absolute Gasteiger partial charge is 0.335 e. The molecule has 0 saturated carbocycles. The largest absolute Gasteiger partial charge is 0.478 e. The topological polar surface area (TPSA) is 101 Å². The lowest BCUT2D eigenvalue weighted by Crippen LogP contribution is -2.53. The molecule has 1 aromatic rings. The number of imide groups is 1. The van der Waals surface area contributed by atoms with Crippen molar-refractivity contribution in [2.24, 2.45) is 0 Å². The number of anilines is 1. The van der Waals surface area contributed by atoms with Gasteiger partial charge in [0.15, 0.2) is 0 Å². The van der Waals surface area contributed by atoms with Gasteiger partial charge < -0.3 is 10.2 Å². The third-order valence-electron chi connectivity index (χ3n) is 4.74. The van der Waals surface area contributed by atoms with Crippen LogP contribution in [-0.2, 0) is 9.59 Å². The van der Waals surface area contributed by atoms with Crippen molar-refractivity contribution in [3.8, 4) is 0 Å². The quantitative estimate of drug-likeness (QED) is 0.701. The fourth-order valence-corrected chi connectivity index (χ4v) is 3.39. The van der Waals surface area contributed by atoms with Crippen LogP contribution in [0.25, 0.3) is 0 Å². The zero-order chi connectivity index (χ0) is 18.0. The number of hydrogen-bond acceptors (Lipinski definition) is 6. The molecule has 8 nitrogen and oxygen atoms in total. The molecule has 2 amide bonds. The molecule has 3 rings (SSSR count). The maximum atomic E-state index is 12.8. The summed E-state index contributed by atoms with van der Waals surface area (Å²) >= 11 is 0. The van der Waals surface area contributed by atoms with E-state index in [9.17, 15) is 14.4 Å². The molecular weight excluding hydrogens is 326 g/mol. The third-order valence-corrected chi connectivity index (χ3v) is 4.74. The van der Waals surface area contributed by atoms with E-state index in [1.165, 1.54) is 18.2 Å². The van der Waals surface area contributed by atoms with Crippen LogP contribution in [-0.4, -0.2) is 83.2 Å². The Bertz CT molecular complexity index is 685. The van der Waals surface area contributed by atoms with E-state index in [0.717, 1.165) is 18.0 Å². The summed E-state index contributed by atoms with van der Waals surface area (Å²) in [6.45, 7) is 3.52. The molecule has 2 heterocycles. The van der Waals surface area contributed by atoms with Crippen LogP contribution in [0.1, 0.15) is 16.8 Å². The standard InChI is InChI=1S/C17H21N3O5/c21-9-8-18-4-6-19(7-5-18)14-11-15(22)20(16(14)23)13-3-1-2-12(10-13)17(24)25/h1-3,10,14,21H,4-9,11H2,(H,24,25)/t14-/m0/s1. The highest BCUT2D eigenvalue weighted by Crippen LogP contribution is 2.27. The second-order valence-corrected chi connectivity index (χ2v) is 6.24. The summed E-state index contributed by atoms with van der Waals surface area (Å²) in [7, 11) is 0. The maximum absolute atomic E-state index is 12.8. The van der Waals surface area contributed by atoms with Gasteiger partial charge in [-0.1, -0.05) is 6.07 Å². The molecule has 0 unspecified atom stereocenters. The predicted molar refractivity (Wildman–Crippen MR) is 89.4 cm³/mol. The van der Waals surface area contributed by atoms with E-state index < -0.39 is 12.0 Å². The summed E-state index contributed by atoms with van der Waals surface area (Å²) in [5.41, 5.74) is 0.343. The van der Waals surface area contributed by atoms with Gasteiger partial charge in [-0.25, -0.2) is 9.69 Å². The van der Waals surface area contributed by atoms with E-state index in [0.29, 0.717) is 25.3 Å². The molecule has 0 bridgehead atoms. The summed E-state index contributed by atoms with van der Waals surface area (Å²) in [5, 5.41) is 18.1. The molecule has 0 spiro atoms. The second kappa shape index (κ2) is 7.30. The Hall–Kier alpha value is -2.29. The molecule has 0 aromatic heterocycles. The zero-order valence-corrected chi connectivity index (χ0v) is 13.8. The highest BCUT2D eigenvalue weighted by atomic mass is 16.4. The number of carboxylic acid groups (broad SMARTS) is 1. The lowest BCUT2D eigenvalue weighted by molar-refractivity contribution is -0.123. The number of aromatic carboxylic acids is 1. The molecule has 2 aliphatic heterocycles. The van der Waals surface area contributed by atoms with Crippen LogP contribution in [0.4, 0.5) is 5.69 Å². The monoisotopic (exact) mass is 347 g/mol. The number of benzene rings is 1. The van der Waals surface area contributed by atoms with Gasteiger partial charge in [-0.3, -0.25) is 19.4 Å². The van der Waals surface area contributed by atoms with E-state index in [1.54, 1.807) is 6.07 Å². The lowest BCUT2D eigenvalue weighted by atomic mass is 10.1. The third kappa shape index (κ3) is 3.55. The first-order valence-electron chi connectivity index (χ1n) is 8.28. The van der Waals surface area contributed by atoms with Crippen LogP contribution in [0.2, 0.25) is 0 Å². The van der Waals surface area contributed by atoms with E-state index in [2.05, 4.69) is 4.90 Å². The van der Waals surface area contributed by atoms with Gasteiger partial charge in [-0.2, -0.15) is 0 Å². The van der Waals surface area contributed by atoms with Crippen LogP contribution in [0.15, 0.2) is 24.3 Å². The van der Waals surface area contributed by atoms with Crippen molar-refractivity contribution in [3.63, 3.8) is 0 Å². The number of rotatable bonds is 5. The van der Waals surface area contributed by atoms with Crippen molar-refractivity contribution in [2.45, 2.75) is 12.5 Å². The van der Waals surface area contributed by atoms with Crippen LogP contribution >= 0.6 is 0 Å². The van der Waals surface area contributed by atoms with Crippen LogP contribution in [0.3, 0.4) is 0 Å². The van der Waals surface area contributed by atoms with Crippen molar-refractivity contribution in [1.82, 2.24) is 9.80 Å². The molecule has 2 aliphatic rings. The van der Waals surface area contributed by atoms with Gasteiger partial charge in [0.1, 0.15) is 0 Å². The lowest BCUT2D eigenvalue weighted by Gasteiger charge is -2.36. The number of nitrogens with zero attached hydrogens (tertiary/aromatic N) is 3. The first kappa shape index (κ1) is 17.5. The molecule has 2 N–H and O–H groups in total. The number of hydrogen-bond donors (Lipinski definition) is 2. The SMILES string of the molecule is O=C(O)c1cccc(N2C(=O)C[C@H](N3CCN(CCO)CC3)C2=O)c1. The Labute approximate surface area is 145 Å². The molecule has 0 radical (unpaired) electrons. The fourth-order valence-electron chi connectivity index (χ4n) is 3.39. The van der Waals surface area contributed by atoms with Crippen molar-refractivity contribution >= 4 is 23.5 Å². The molecule has 8 heteroatoms. The Morgan fingerprint density at radius 3 is 2.52 bits per heavy atom. The first-order chi connectivity index (χ1) is 12.0. The van der Waals surface area contributed by atoms with Gasteiger partial charge in [-0.05, 0) is 18.2 Å². The van der Waals surface area contributed by atoms with E-state index >= 15 is 0 Å². The van der Waals surface area contributed by atoms with Crippen LogP contribution in [0.5, 0.6) is 0 Å². The van der Waals surface area contributed by atoms with Gasteiger partial charge in [0, 0.05) is 32.7 Å². The Balaban J connectivity index is 1.73. The number of aliphatic hydroxyl groups excluding tert-OH is 1. The van der Waals surface area contributed by atoms with Gasteiger partial charge in [-0.15, -0.1) is 0 Å². The van der Waals surface area contributed by atoms with Gasteiger partial charge in [0.25, 0.3) is 5.91 Å². The molecule has 134 valence electrons. The molecule has 2 saturated heterocycles.